The minimum absolute atomic E-state index is 0.226. The third kappa shape index (κ3) is 5.74. The number of aliphatic hydroxyl groups is 1. The van der Waals surface area contributed by atoms with Crippen LogP contribution in [-0.2, 0) is 6.54 Å². The summed E-state index contributed by atoms with van der Waals surface area (Å²) < 4.78 is 5.55. The van der Waals surface area contributed by atoms with Crippen LogP contribution in [0.2, 0.25) is 0 Å². The average molecular weight is 310 g/mol. The second-order valence-electron chi connectivity index (χ2n) is 5.78. The van der Waals surface area contributed by atoms with Gasteiger partial charge in [-0.2, -0.15) is 5.26 Å². The molecule has 2 rings (SSSR count). The summed E-state index contributed by atoms with van der Waals surface area (Å²) in [5.74, 6) is 0.657. The summed E-state index contributed by atoms with van der Waals surface area (Å²) in [6.45, 7) is 3.61. The van der Waals surface area contributed by atoms with Gasteiger partial charge in [-0.3, -0.25) is 4.90 Å². The molecule has 4 heteroatoms. The standard InChI is InChI=1S/C19H22N2O2/c1-15-3-5-17(6-4-15)12-21(2)13-18(22)14-23-19-9-7-16(11-20)8-10-19/h3-10,18,22H,12-14H2,1-2H3. The smallest absolute Gasteiger partial charge is 0.119 e. The molecule has 1 unspecified atom stereocenters. The molecule has 1 N–H and O–H groups in total. The van der Waals surface area contributed by atoms with Gasteiger partial charge in [0.2, 0.25) is 0 Å². The van der Waals surface area contributed by atoms with Crippen LogP contribution >= 0.6 is 0 Å². The molecule has 0 amide bonds. The quantitative estimate of drug-likeness (QED) is 0.854. The molecule has 23 heavy (non-hydrogen) atoms. The van der Waals surface area contributed by atoms with E-state index in [0.717, 1.165) is 6.54 Å². The van der Waals surface area contributed by atoms with Gasteiger partial charge >= 0.3 is 0 Å². The van der Waals surface area contributed by atoms with Crippen molar-refractivity contribution in [3.05, 3.63) is 65.2 Å². The highest BCUT2D eigenvalue weighted by atomic mass is 16.5. The van der Waals surface area contributed by atoms with Crippen LogP contribution in [0.3, 0.4) is 0 Å². The molecule has 0 aromatic heterocycles. The SMILES string of the molecule is Cc1ccc(CN(C)CC(O)COc2ccc(C#N)cc2)cc1. The van der Waals surface area contributed by atoms with E-state index in [1.807, 2.05) is 7.05 Å². The Balaban J connectivity index is 1.76. The summed E-state index contributed by atoms with van der Waals surface area (Å²) in [5, 5.41) is 18.8. The van der Waals surface area contributed by atoms with E-state index in [2.05, 4.69) is 42.2 Å². The first-order valence-corrected chi connectivity index (χ1v) is 7.62. The zero-order valence-electron chi connectivity index (χ0n) is 13.6. The number of nitrogens with zero attached hydrogens (tertiary/aromatic N) is 2. The van der Waals surface area contributed by atoms with Crippen molar-refractivity contribution in [3.8, 4) is 11.8 Å². The van der Waals surface area contributed by atoms with E-state index < -0.39 is 6.10 Å². The van der Waals surface area contributed by atoms with E-state index in [9.17, 15) is 5.11 Å². The van der Waals surface area contributed by atoms with Crippen LogP contribution in [0.5, 0.6) is 5.75 Å². The Kier molecular flexibility index (Phi) is 6.16. The Bertz CT molecular complexity index is 645. The molecule has 0 aliphatic rings. The van der Waals surface area contributed by atoms with Crippen LogP contribution in [0.25, 0.3) is 0 Å². The maximum absolute atomic E-state index is 10.1. The Hall–Kier alpha value is -2.35. The predicted molar refractivity (Wildman–Crippen MR) is 90.2 cm³/mol. The monoisotopic (exact) mass is 310 g/mol. The highest BCUT2D eigenvalue weighted by Gasteiger charge is 2.10. The number of likely N-dealkylation sites (N-methyl/N-ethyl adjacent to an activating group) is 1. The summed E-state index contributed by atoms with van der Waals surface area (Å²) in [5.41, 5.74) is 3.06. The number of hydrogen-bond acceptors (Lipinski definition) is 4. The normalized spacial score (nSPS) is 12.0. The second kappa shape index (κ2) is 8.33. The van der Waals surface area contributed by atoms with E-state index >= 15 is 0 Å². The molecule has 0 saturated carbocycles. The van der Waals surface area contributed by atoms with Crippen molar-refractivity contribution in [2.45, 2.75) is 19.6 Å². The lowest BCUT2D eigenvalue weighted by Crippen LogP contribution is -2.32. The molecule has 2 aromatic rings. The lowest BCUT2D eigenvalue weighted by atomic mass is 10.1. The number of benzene rings is 2. The fraction of sp³-hybridized carbons (Fsp3) is 0.316. The van der Waals surface area contributed by atoms with Crippen LogP contribution in [-0.4, -0.2) is 36.3 Å². The molecule has 4 nitrogen and oxygen atoms in total. The van der Waals surface area contributed by atoms with Crippen molar-refractivity contribution in [1.29, 1.82) is 5.26 Å². The number of ether oxygens (including phenoxy) is 1. The Morgan fingerprint density at radius 3 is 2.39 bits per heavy atom. The average Bonchev–Trinajstić information content (AvgIpc) is 2.55. The summed E-state index contributed by atoms with van der Waals surface area (Å²) in [4.78, 5) is 2.07. The van der Waals surface area contributed by atoms with Gasteiger partial charge < -0.3 is 9.84 Å². The fourth-order valence-electron chi connectivity index (χ4n) is 2.30. The number of aryl methyl sites for hydroxylation is 1. The molecular weight excluding hydrogens is 288 g/mol. The number of nitriles is 1. The minimum Gasteiger partial charge on any atom is -0.491 e. The van der Waals surface area contributed by atoms with Gasteiger partial charge in [0, 0.05) is 13.1 Å². The lowest BCUT2D eigenvalue weighted by Gasteiger charge is -2.21. The van der Waals surface area contributed by atoms with Gasteiger partial charge in [-0.15, -0.1) is 0 Å². The van der Waals surface area contributed by atoms with Crippen LogP contribution < -0.4 is 4.74 Å². The molecule has 0 bridgehead atoms. The highest BCUT2D eigenvalue weighted by molar-refractivity contribution is 5.34. The van der Waals surface area contributed by atoms with E-state index in [1.165, 1.54) is 11.1 Å². The first-order chi connectivity index (χ1) is 11.1. The number of rotatable bonds is 7. The zero-order chi connectivity index (χ0) is 16.7. The predicted octanol–water partition coefficient (Wildman–Crippen LogP) is 2.74. The molecule has 1 atom stereocenters. The van der Waals surface area contributed by atoms with Crippen molar-refractivity contribution in [1.82, 2.24) is 4.90 Å². The van der Waals surface area contributed by atoms with E-state index in [0.29, 0.717) is 17.9 Å². The summed E-state index contributed by atoms with van der Waals surface area (Å²) in [7, 11) is 1.98. The van der Waals surface area contributed by atoms with Gasteiger partial charge in [-0.1, -0.05) is 29.8 Å². The second-order valence-corrected chi connectivity index (χ2v) is 5.78. The van der Waals surface area contributed by atoms with Gasteiger partial charge in [0.25, 0.3) is 0 Å². The maximum atomic E-state index is 10.1. The van der Waals surface area contributed by atoms with Crippen molar-refractivity contribution in [2.24, 2.45) is 0 Å². The molecule has 0 heterocycles. The third-order valence-electron chi connectivity index (χ3n) is 3.52. The Labute approximate surface area is 137 Å². The summed E-state index contributed by atoms with van der Waals surface area (Å²) in [6, 6.07) is 17.3. The highest BCUT2D eigenvalue weighted by Crippen LogP contribution is 2.12. The third-order valence-corrected chi connectivity index (χ3v) is 3.52. The van der Waals surface area contributed by atoms with Gasteiger partial charge in [0.15, 0.2) is 0 Å². The van der Waals surface area contributed by atoms with Gasteiger partial charge in [-0.05, 0) is 43.8 Å². The van der Waals surface area contributed by atoms with E-state index in [-0.39, 0.29) is 6.61 Å². The van der Waals surface area contributed by atoms with Crippen molar-refractivity contribution in [2.75, 3.05) is 20.2 Å². The van der Waals surface area contributed by atoms with E-state index in [4.69, 9.17) is 10.00 Å². The fourth-order valence-corrected chi connectivity index (χ4v) is 2.30. The maximum Gasteiger partial charge on any atom is 0.119 e. The lowest BCUT2D eigenvalue weighted by molar-refractivity contribution is 0.0744. The molecule has 0 spiro atoms. The van der Waals surface area contributed by atoms with Crippen LogP contribution in [0.15, 0.2) is 48.5 Å². The molecule has 2 aromatic carbocycles. The Morgan fingerprint density at radius 2 is 1.78 bits per heavy atom. The van der Waals surface area contributed by atoms with E-state index in [1.54, 1.807) is 24.3 Å². The van der Waals surface area contributed by atoms with Crippen molar-refractivity contribution in [3.63, 3.8) is 0 Å². The first kappa shape index (κ1) is 17.0. The first-order valence-electron chi connectivity index (χ1n) is 7.62. The summed E-state index contributed by atoms with van der Waals surface area (Å²) >= 11 is 0. The molecule has 0 saturated heterocycles. The van der Waals surface area contributed by atoms with Crippen LogP contribution in [0.4, 0.5) is 0 Å². The number of hydrogen-bond donors (Lipinski definition) is 1. The molecule has 0 aliphatic carbocycles. The van der Waals surface area contributed by atoms with Gasteiger partial charge in [-0.25, -0.2) is 0 Å². The van der Waals surface area contributed by atoms with Gasteiger partial charge in [0.1, 0.15) is 18.5 Å². The topological polar surface area (TPSA) is 56.5 Å². The van der Waals surface area contributed by atoms with Gasteiger partial charge in [0.05, 0.1) is 11.6 Å². The molecule has 0 radical (unpaired) electrons. The molecule has 0 aliphatic heterocycles. The van der Waals surface area contributed by atoms with Crippen LogP contribution in [0.1, 0.15) is 16.7 Å². The minimum atomic E-state index is -0.568. The van der Waals surface area contributed by atoms with Crippen LogP contribution in [0, 0.1) is 18.3 Å². The Morgan fingerprint density at radius 1 is 1.13 bits per heavy atom. The zero-order valence-corrected chi connectivity index (χ0v) is 13.6. The van der Waals surface area contributed by atoms with Crippen molar-refractivity contribution < 1.29 is 9.84 Å². The number of aliphatic hydroxyl groups excluding tert-OH is 1. The molecule has 120 valence electrons. The summed E-state index contributed by atoms with van der Waals surface area (Å²) in [6.07, 6.45) is -0.568. The molecular formula is C19H22N2O2. The largest absolute Gasteiger partial charge is 0.491 e. The molecule has 0 fully saturated rings. The van der Waals surface area contributed by atoms with Crippen molar-refractivity contribution >= 4 is 0 Å².